The first kappa shape index (κ1) is 7.02. The van der Waals surface area contributed by atoms with E-state index < -0.39 is 0 Å². The molecule has 0 aliphatic heterocycles. The summed E-state index contributed by atoms with van der Waals surface area (Å²) in [7, 11) is 0.688. The summed E-state index contributed by atoms with van der Waals surface area (Å²) < 4.78 is 5.04. The third-order valence-corrected chi connectivity index (χ3v) is 1.72. The highest BCUT2D eigenvalue weighted by atomic mass is 28.2. The van der Waals surface area contributed by atoms with Crippen molar-refractivity contribution in [1.29, 1.82) is 0 Å². The third-order valence-electron chi connectivity index (χ3n) is 1.25. The lowest BCUT2D eigenvalue weighted by Crippen LogP contribution is -1.85. The second-order valence-corrected chi connectivity index (χ2v) is 2.30. The Morgan fingerprint density at radius 3 is 2.30 bits per heavy atom. The first-order chi connectivity index (χ1) is 4.86. The van der Waals surface area contributed by atoms with Crippen LogP contribution in [-0.4, -0.2) is 16.8 Å². The van der Waals surface area contributed by atoms with Crippen molar-refractivity contribution >= 4 is 16.8 Å². The van der Waals surface area contributed by atoms with Gasteiger partial charge in [0.05, 0.1) is 0 Å². The third kappa shape index (κ3) is 1.45. The molecule has 0 atom stereocenters. The van der Waals surface area contributed by atoms with Gasteiger partial charge in [-0.05, 0) is 24.3 Å². The molecule has 0 saturated carbocycles. The molecule has 0 amide bonds. The van der Waals surface area contributed by atoms with Gasteiger partial charge in [0, 0.05) is 5.56 Å². The van der Waals surface area contributed by atoms with Crippen LogP contribution in [0.5, 0.6) is 5.75 Å². The van der Waals surface area contributed by atoms with Crippen LogP contribution in [0.2, 0.25) is 0 Å². The average molecular weight is 152 g/mol. The zero-order valence-electron chi connectivity index (χ0n) is 5.70. The summed E-state index contributed by atoms with van der Waals surface area (Å²) in [5.41, 5.74) is 0.683. The number of carbonyl (C=O) groups is 1. The minimum absolute atomic E-state index is 0.683. The summed E-state index contributed by atoms with van der Waals surface area (Å²) >= 11 is 0. The highest BCUT2D eigenvalue weighted by Gasteiger charge is 1.89. The molecule has 1 aromatic rings. The molecule has 0 aromatic heterocycles. The quantitative estimate of drug-likeness (QED) is 0.445. The molecule has 0 radical (unpaired) electrons. The zero-order chi connectivity index (χ0) is 7.40. The fourth-order valence-electron chi connectivity index (χ4n) is 0.682. The van der Waals surface area contributed by atoms with Gasteiger partial charge >= 0.3 is 0 Å². The lowest BCUT2D eigenvalue weighted by Gasteiger charge is -1.97. The maximum atomic E-state index is 10.2. The fourth-order valence-corrected chi connectivity index (χ4v) is 0.955. The van der Waals surface area contributed by atoms with Gasteiger partial charge < -0.3 is 4.43 Å². The molecule has 1 rings (SSSR count). The highest BCUT2D eigenvalue weighted by molar-refractivity contribution is 5.99. The summed E-state index contributed by atoms with van der Waals surface area (Å²) in [6.07, 6.45) is 0.816. The molecule has 0 fully saturated rings. The maximum absolute atomic E-state index is 10.2. The smallest absolute Gasteiger partial charge is 0.204 e. The molecule has 2 nitrogen and oxygen atoms in total. The Kier molecular flexibility index (Phi) is 2.23. The van der Waals surface area contributed by atoms with Crippen molar-refractivity contribution in [2.24, 2.45) is 0 Å². The number of carbonyl (C=O) groups excluding carboxylic acids is 1. The van der Waals surface area contributed by atoms with E-state index in [0.29, 0.717) is 16.0 Å². The van der Waals surface area contributed by atoms with Crippen LogP contribution in [0.1, 0.15) is 10.4 Å². The van der Waals surface area contributed by atoms with Gasteiger partial charge in [-0.25, -0.2) is 0 Å². The Labute approximate surface area is 62.4 Å². The molecule has 52 valence electrons. The van der Waals surface area contributed by atoms with E-state index in [1.165, 1.54) is 0 Å². The summed E-state index contributed by atoms with van der Waals surface area (Å²) in [6, 6.07) is 7.05. The van der Waals surface area contributed by atoms with E-state index >= 15 is 0 Å². The van der Waals surface area contributed by atoms with E-state index in [2.05, 4.69) is 0 Å². The Balaban J connectivity index is 2.90. The van der Waals surface area contributed by atoms with E-state index in [-0.39, 0.29) is 0 Å². The molecule has 0 unspecified atom stereocenters. The van der Waals surface area contributed by atoms with E-state index in [0.717, 1.165) is 12.0 Å². The predicted molar refractivity (Wildman–Crippen MR) is 42.4 cm³/mol. The normalized spacial score (nSPS) is 9.20. The molecule has 0 spiro atoms. The summed E-state index contributed by atoms with van der Waals surface area (Å²) in [6.45, 7) is 0. The van der Waals surface area contributed by atoms with Gasteiger partial charge in [0.2, 0.25) is 10.5 Å². The maximum Gasteiger partial charge on any atom is 0.204 e. The first-order valence-electron chi connectivity index (χ1n) is 2.96. The first-order valence-corrected chi connectivity index (χ1v) is 3.77. The number of hydrogen-bond acceptors (Lipinski definition) is 2. The van der Waals surface area contributed by atoms with Gasteiger partial charge in [0.1, 0.15) is 12.0 Å². The predicted octanol–water partition coefficient (Wildman–Crippen LogP) is 0.158. The van der Waals surface area contributed by atoms with Crippen molar-refractivity contribution in [1.82, 2.24) is 0 Å². The second-order valence-electron chi connectivity index (χ2n) is 1.89. The molecule has 3 heteroatoms. The zero-order valence-corrected chi connectivity index (χ0v) is 7.70. The Hall–Kier alpha value is -1.09. The summed E-state index contributed by atoms with van der Waals surface area (Å²) in [4.78, 5) is 10.2. The van der Waals surface area contributed by atoms with Gasteiger partial charge in [0.15, 0.2) is 0 Å². The van der Waals surface area contributed by atoms with Crippen LogP contribution in [0.15, 0.2) is 24.3 Å². The lowest BCUT2D eigenvalue weighted by atomic mass is 10.2. The molecular formula is C7H8O2Si. The van der Waals surface area contributed by atoms with E-state index in [9.17, 15) is 4.79 Å². The standard InChI is InChI=1S/C7H8O2Si/c8-5-6-1-3-7(9-10)4-2-6/h1-5H,10H3. The number of aldehydes is 1. The highest BCUT2D eigenvalue weighted by Crippen LogP contribution is 2.08. The van der Waals surface area contributed by atoms with Crippen molar-refractivity contribution in [3.05, 3.63) is 29.8 Å². The van der Waals surface area contributed by atoms with E-state index in [4.69, 9.17) is 4.43 Å². The molecule has 10 heavy (non-hydrogen) atoms. The SMILES string of the molecule is O=Cc1ccc(O[SiH3])cc1. The van der Waals surface area contributed by atoms with Gasteiger partial charge in [-0.3, -0.25) is 4.79 Å². The number of hydrogen-bond donors (Lipinski definition) is 0. The number of rotatable bonds is 2. The fraction of sp³-hybridized carbons (Fsp3) is 0. The summed E-state index contributed by atoms with van der Waals surface area (Å²) in [5, 5.41) is 0. The molecule has 0 aliphatic carbocycles. The van der Waals surface area contributed by atoms with E-state index in [1.54, 1.807) is 24.3 Å². The molecule has 0 N–H and O–H groups in total. The minimum Gasteiger partial charge on any atom is -0.553 e. The Bertz CT molecular complexity index is 218. The van der Waals surface area contributed by atoms with Crippen molar-refractivity contribution in [2.75, 3.05) is 0 Å². The molecule has 0 aliphatic rings. The molecule has 0 bridgehead atoms. The van der Waals surface area contributed by atoms with Crippen LogP contribution in [0, 0.1) is 0 Å². The largest absolute Gasteiger partial charge is 0.553 e. The van der Waals surface area contributed by atoms with E-state index in [1.807, 2.05) is 0 Å². The monoisotopic (exact) mass is 152 g/mol. The van der Waals surface area contributed by atoms with Crippen molar-refractivity contribution in [2.45, 2.75) is 0 Å². The molecular weight excluding hydrogens is 144 g/mol. The molecule has 0 heterocycles. The average Bonchev–Trinajstić information content (AvgIpc) is 2.05. The van der Waals surface area contributed by atoms with Crippen molar-refractivity contribution in [3.63, 3.8) is 0 Å². The lowest BCUT2D eigenvalue weighted by molar-refractivity contribution is 0.112. The van der Waals surface area contributed by atoms with Crippen LogP contribution < -0.4 is 4.43 Å². The number of benzene rings is 1. The van der Waals surface area contributed by atoms with Gasteiger partial charge in [-0.1, -0.05) is 0 Å². The van der Waals surface area contributed by atoms with Gasteiger partial charge in [-0.2, -0.15) is 0 Å². The topological polar surface area (TPSA) is 26.3 Å². The molecule has 1 aromatic carbocycles. The van der Waals surface area contributed by atoms with Crippen LogP contribution >= 0.6 is 0 Å². The second kappa shape index (κ2) is 3.17. The van der Waals surface area contributed by atoms with Crippen LogP contribution in [-0.2, 0) is 0 Å². The van der Waals surface area contributed by atoms with Gasteiger partial charge in [0.25, 0.3) is 0 Å². The van der Waals surface area contributed by atoms with Crippen LogP contribution in [0.3, 0.4) is 0 Å². The minimum atomic E-state index is 0.683. The van der Waals surface area contributed by atoms with Crippen LogP contribution in [0.25, 0.3) is 0 Å². The van der Waals surface area contributed by atoms with Crippen molar-refractivity contribution < 1.29 is 9.22 Å². The summed E-state index contributed by atoms with van der Waals surface area (Å²) in [5.74, 6) is 0.831. The van der Waals surface area contributed by atoms with Gasteiger partial charge in [-0.15, -0.1) is 0 Å². The Morgan fingerprint density at radius 2 is 1.90 bits per heavy atom. The van der Waals surface area contributed by atoms with Crippen LogP contribution in [0.4, 0.5) is 0 Å². The molecule has 0 saturated heterocycles. The Morgan fingerprint density at radius 1 is 1.30 bits per heavy atom. The van der Waals surface area contributed by atoms with Crippen molar-refractivity contribution in [3.8, 4) is 5.75 Å².